The zero-order valence-corrected chi connectivity index (χ0v) is 15.5. The molecule has 0 unspecified atom stereocenters. The molecule has 0 bridgehead atoms. The quantitative estimate of drug-likeness (QED) is 0.726. The van der Waals surface area contributed by atoms with Gasteiger partial charge in [0.1, 0.15) is 0 Å². The minimum Gasteiger partial charge on any atom is -0.485 e. The molecule has 0 aliphatic carbocycles. The molecule has 3 rings (SSSR count). The van der Waals surface area contributed by atoms with Crippen molar-refractivity contribution in [2.45, 2.75) is 30.2 Å². The number of nitrogens with zero attached hydrogens (tertiary/aromatic N) is 1. The first-order valence-electron chi connectivity index (χ1n) is 8.36. The third kappa shape index (κ3) is 4.26. The molecule has 25 heavy (non-hydrogen) atoms. The minimum atomic E-state index is -3.54. The molecule has 0 saturated carbocycles. The van der Waals surface area contributed by atoms with Crippen molar-refractivity contribution >= 4 is 27.3 Å². The van der Waals surface area contributed by atoms with Crippen molar-refractivity contribution < 1.29 is 13.2 Å². The smallest absolute Gasteiger partial charge is 0.243 e. The van der Waals surface area contributed by atoms with Crippen LogP contribution in [-0.4, -0.2) is 37.0 Å². The summed E-state index contributed by atoms with van der Waals surface area (Å²) in [5.41, 5.74) is 1.17. The molecule has 1 heterocycles. The first-order chi connectivity index (χ1) is 12.1. The predicted octanol–water partition coefficient (Wildman–Crippen LogP) is 3.43. The molecule has 1 aliphatic rings. The van der Waals surface area contributed by atoms with Gasteiger partial charge in [0.2, 0.25) is 10.0 Å². The molecule has 2 aromatic carbocycles. The van der Waals surface area contributed by atoms with Gasteiger partial charge in [-0.05, 0) is 42.8 Å². The highest BCUT2D eigenvalue weighted by atomic mass is 32.2. The molecule has 0 aromatic heterocycles. The summed E-state index contributed by atoms with van der Waals surface area (Å²) in [7, 11) is -3.54. The normalized spacial score (nSPS) is 18.2. The van der Waals surface area contributed by atoms with Crippen molar-refractivity contribution in [3.8, 4) is 0 Å². The molecule has 1 saturated heterocycles. The van der Waals surface area contributed by atoms with Crippen LogP contribution in [0, 0.1) is 0 Å². The van der Waals surface area contributed by atoms with Gasteiger partial charge in [-0.2, -0.15) is 4.31 Å². The van der Waals surface area contributed by atoms with Gasteiger partial charge < -0.3 is 4.74 Å². The first-order valence-corrected chi connectivity index (χ1v) is 10.2. The summed E-state index contributed by atoms with van der Waals surface area (Å²) in [6.07, 6.45) is 2.24. The van der Waals surface area contributed by atoms with Crippen molar-refractivity contribution in [1.29, 1.82) is 0 Å². The fourth-order valence-electron chi connectivity index (χ4n) is 3.00. The van der Waals surface area contributed by atoms with Gasteiger partial charge in [0.25, 0.3) is 0 Å². The van der Waals surface area contributed by atoms with Crippen LogP contribution in [0.2, 0.25) is 0 Å². The van der Waals surface area contributed by atoms with Gasteiger partial charge in [0.15, 0.2) is 5.05 Å². The van der Waals surface area contributed by atoms with Crippen LogP contribution in [0.4, 0.5) is 0 Å². The molecule has 1 aliphatic heterocycles. The second-order valence-electron chi connectivity index (χ2n) is 5.99. The van der Waals surface area contributed by atoms with Crippen molar-refractivity contribution in [2.75, 3.05) is 13.2 Å². The Morgan fingerprint density at radius 3 is 2.40 bits per heavy atom. The van der Waals surface area contributed by atoms with Gasteiger partial charge in [0, 0.05) is 13.0 Å². The van der Waals surface area contributed by atoms with E-state index in [1.807, 2.05) is 30.3 Å². The highest BCUT2D eigenvalue weighted by Crippen LogP contribution is 2.27. The number of thiocarbonyl (C=S) groups is 1. The maximum atomic E-state index is 12.9. The number of ether oxygens (including phenoxy) is 1. The molecular formula is C19H21NO3S2. The Bertz CT molecular complexity index is 807. The summed E-state index contributed by atoms with van der Waals surface area (Å²) in [5.74, 6) is 0. The van der Waals surface area contributed by atoms with E-state index in [1.165, 1.54) is 9.87 Å². The van der Waals surface area contributed by atoms with Crippen LogP contribution in [0.25, 0.3) is 0 Å². The Morgan fingerprint density at radius 2 is 1.72 bits per heavy atom. The van der Waals surface area contributed by atoms with E-state index in [1.54, 1.807) is 30.3 Å². The minimum absolute atomic E-state index is 0.300. The summed E-state index contributed by atoms with van der Waals surface area (Å²) >= 11 is 5.40. The standard InChI is InChI=1S/C19H21NO3S2/c21-25(22,17-10-5-2-6-11-17)20-14-7-12-18(20)19(24)23-15-13-16-8-3-1-4-9-16/h1-6,8-11,18H,7,12-15H2/t18-/m0/s1. The summed E-state index contributed by atoms with van der Waals surface area (Å²) in [6, 6.07) is 18.1. The average Bonchev–Trinajstić information content (AvgIpc) is 3.14. The van der Waals surface area contributed by atoms with Gasteiger partial charge in [-0.15, -0.1) is 0 Å². The molecule has 0 spiro atoms. The Hall–Kier alpha value is -1.76. The Labute approximate surface area is 154 Å². The lowest BCUT2D eigenvalue weighted by Crippen LogP contribution is -2.40. The second-order valence-corrected chi connectivity index (χ2v) is 8.28. The van der Waals surface area contributed by atoms with E-state index in [0.29, 0.717) is 29.5 Å². The van der Waals surface area contributed by atoms with Crippen LogP contribution in [-0.2, 0) is 21.2 Å². The van der Waals surface area contributed by atoms with Gasteiger partial charge in [-0.1, -0.05) is 48.5 Å². The Balaban J connectivity index is 1.64. The largest absolute Gasteiger partial charge is 0.485 e. The van der Waals surface area contributed by atoms with Gasteiger partial charge in [-0.25, -0.2) is 8.42 Å². The third-order valence-electron chi connectivity index (χ3n) is 4.30. The molecule has 2 aromatic rings. The van der Waals surface area contributed by atoms with Crippen LogP contribution >= 0.6 is 12.2 Å². The van der Waals surface area contributed by atoms with E-state index >= 15 is 0 Å². The lowest BCUT2D eigenvalue weighted by molar-refractivity contribution is 0.285. The molecule has 6 heteroatoms. The van der Waals surface area contributed by atoms with Crippen molar-refractivity contribution in [2.24, 2.45) is 0 Å². The van der Waals surface area contributed by atoms with Crippen molar-refractivity contribution in [1.82, 2.24) is 4.31 Å². The van der Waals surface area contributed by atoms with E-state index in [9.17, 15) is 8.42 Å². The van der Waals surface area contributed by atoms with E-state index in [4.69, 9.17) is 17.0 Å². The summed E-state index contributed by atoms with van der Waals surface area (Å²) in [5, 5.41) is 0.368. The van der Waals surface area contributed by atoms with Gasteiger partial charge in [0.05, 0.1) is 17.5 Å². The highest BCUT2D eigenvalue weighted by Gasteiger charge is 2.38. The molecule has 0 radical (unpaired) electrons. The zero-order chi connectivity index (χ0) is 17.7. The molecule has 132 valence electrons. The van der Waals surface area contributed by atoms with Crippen LogP contribution in [0.5, 0.6) is 0 Å². The Kier molecular flexibility index (Phi) is 5.83. The number of hydrogen-bond acceptors (Lipinski definition) is 4. The summed E-state index contributed by atoms with van der Waals surface area (Å²) in [4.78, 5) is 0.300. The molecule has 1 fully saturated rings. The van der Waals surface area contributed by atoms with E-state index in [2.05, 4.69) is 0 Å². The zero-order valence-electron chi connectivity index (χ0n) is 13.9. The molecule has 4 nitrogen and oxygen atoms in total. The first kappa shape index (κ1) is 18.0. The van der Waals surface area contributed by atoms with Crippen LogP contribution in [0.1, 0.15) is 18.4 Å². The number of rotatable bonds is 6. The lowest BCUT2D eigenvalue weighted by Gasteiger charge is -2.24. The maximum absolute atomic E-state index is 12.9. The Morgan fingerprint density at radius 1 is 1.08 bits per heavy atom. The lowest BCUT2D eigenvalue weighted by atomic mass is 10.2. The number of sulfonamides is 1. The van der Waals surface area contributed by atoms with E-state index in [0.717, 1.165) is 12.8 Å². The summed E-state index contributed by atoms with van der Waals surface area (Å²) < 4.78 is 32.9. The van der Waals surface area contributed by atoms with E-state index < -0.39 is 10.0 Å². The van der Waals surface area contributed by atoms with Crippen LogP contribution in [0.15, 0.2) is 65.6 Å². The summed E-state index contributed by atoms with van der Waals surface area (Å²) in [6.45, 7) is 0.933. The molecule has 0 amide bonds. The average molecular weight is 376 g/mol. The van der Waals surface area contributed by atoms with Gasteiger partial charge in [-0.3, -0.25) is 0 Å². The number of benzene rings is 2. The fourth-order valence-corrected chi connectivity index (χ4v) is 5.07. The topological polar surface area (TPSA) is 46.6 Å². The third-order valence-corrected chi connectivity index (χ3v) is 6.62. The van der Waals surface area contributed by atoms with E-state index in [-0.39, 0.29) is 6.04 Å². The SMILES string of the molecule is O=S(=O)(c1ccccc1)N1CCC[C@H]1C(=S)OCCc1ccccc1. The molecular weight excluding hydrogens is 354 g/mol. The monoisotopic (exact) mass is 375 g/mol. The maximum Gasteiger partial charge on any atom is 0.243 e. The predicted molar refractivity (Wildman–Crippen MR) is 102 cm³/mol. The van der Waals surface area contributed by atoms with Crippen LogP contribution < -0.4 is 0 Å². The molecule has 1 atom stereocenters. The van der Waals surface area contributed by atoms with Crippen molar-refractivity contribution in [3.05, 3.63) is 66.2 Å². The fraction of sp³-hybridized carbons (Fsp3) is 0.316. The second kappa shape index (κ2) is 8.08. The van der Waals surface area contributed by atoms with Gasteiger partial charge >= 0.3 is 0 Å². The molecule has 0 N–H and O–H groups in total. The number of hydrogen-bond donors (Lipinski definition) is 0. The highest BCUT2D eigenvalue weighted by molar-refractivity contribution is 7.89. The van der Waals surface area contributed by atoms with Crippen molar-refractivity contribution in [3.63, 3.8) is 0 Å². The van der Waals surface area contributed by atoms with Crippen LogP contribution in [0.3, 0.4) is 0 Å².